The zero-order valence-corrected chi connectivity index (χ0v) is 13.4. The second-order valence-corrected chi connectivity index (χ2v) is 5.79. The maximum absolute atomic E-state index is 12.8. The van der Waals surface area contributed by atoms with Crippen LogP contribution < -0.4 is 0 Å². The number of aromatic nitrogens is 1. The summed E-state index contributed by atoms with van der Waals surface area (Å²) in [5.41, 5.74) is 0.433. The van der Waals surface area contributed by atoms with E-state index in [9.17, 15) is 24.6 Å². The van der Waals surface area contributed by atoms with E-state index in [0.717, 1.165) is 0 Å². The summed E-state index contributed by atoms with van der Waals surface area (Å²) in [7, 11) is 0. The smallest absolute Gasteiger partial charge is 0.322 e. The number of carbonyl (C=O) groups is 3. The van der Waals surface area contributed by atoms with Crippen LogP contribution >= 0.6 is 11.6 Å². The van der Waals surface area contributed by atoms with Crippen molar-refractivity contribution in [3.05, 3.63) is 70.4 Å². The molecular formula is C18H12ClNO5. The lowest BCUT2D eigenvalue weighted by Crippen LogP contribution is -2.23. The molecule has 0 aliphatic carbocycles. The fourth-order valence-electron chi connectivity index (χ4n) is 2.77. The van der Waals surface area contributed by atoms with Gasteiger partial charge in [0.05, 0.1) is 16.2 Å². The average molecular weight is 358 g/mol. The van der Waals surface area contributed by atoms with Crippen molar-refractivity contribution in [1.82, 2.24) is 4.98 Å². The van der Waals surface area contributed by atoms with Crippen molar-refractivity contribution in [3.63, 3.8) is 0 Å². The Morgan fingerprint density at radius 2 is 1.56 bits per heavy atom. The summed E-state index contributed by atoms with van der Waals surface area (Å²) in [6.45, 7) is 0. The molecule has 1 aromatic heterocycles. The number of aromatic amines is 1. The van der Waals surface area contributed by atoms with Crippen LogP contribution in [0, 0.1) is 0 Å². The first-order valence-electron chi connectivity index (χ1n) is 7.27. The third-order valence-electron chi connectivity index (χ3n) is 3.87. The van der Waals surface area contributed by atoms with Gasteiger partial charge in [0.1, 0.15) is 0 Å². The fraction of sp³-hybridized carbons (Fsp3) is 0.0556. The first-order valence-corrected chi connectivity index (χ1v) is 7.65. The summed E-state index contributed by atoms with van der Waals surface area (Å²) in [5, 5.41) is 19.3. The SMILES string of the molecule is O=C(c1ccccc1)c1[nH]c2c(Cl)cccc2c1C(C(=O)O)C(=O)O. The Kier molecular flexibility index (Phi) is 4.29. The number of benzene rings is 2. The van der Waals surface area contributed by atoms with Crippen LogP contribution in [0.4, 0.5) is 0 Å². The molecule has 1 heterocycles. The topological polar surface area (TPSA) is 107 Å². The van der Waals surface area contributed by atoms with E-state index in [4.69, 9.17) is 11.6 Å². The number of carboxylic acid groups (broad SMARTS) is 2. The number of fused-ring (bicyclic) bond motifs is 1. The highest BCUT2D eigenvalue weighted by Crippen LogP contribution is 2.34. The number of carboxylic acids is 2. The van der Waals surface area contributed by atoms with Crippen LogP contribution in [0.5, 0.6) is 0 Å². The summed E-state index contributed by atoms with van der Waals surface area (Å²) in [5.74, 6) is -5.52. The van der Waals surface area contributed by atoms with Crippen molar-refractivity contribution in [2.24, 2.45) is 0 Å². The van der Waals surface area contributed by atoms with Crippen LogP contribution in [-0.4, -0.2) is 32.9 Å². The first kappa shape index (κ1) is 16.7. The Bertz CT molecular complexity index is 979. The predicted octanol–water partition coefficient (Wildman–Crippen LogP) is 3.31. The molecule has 0 amide bonds. The fourth-order valence-corrected chi connectivity index (χ4v) is 2.99. The number of carbonyl (C=O) groups excluding carboxylic acids is 1. The summed E-state index contributed by atoms with van der Waals surface area (Å²) >= 11 is 6.12. The molecule has 0 spiro atoms. The highest BCUT2D eigenvalue weighted by molar-refractivity contribution is 6.35. The molecule has 0 atom stereocenters. The number of rotatable bonds is 5. The standard InChI is InChI=1S/C18H12ClNO5/c19-11-8-4-7-10-12(13(17(22)23)18(24)25)15(20-14(10)11)16(21)9-5-2-1-3-6-9/h1-8,13,20H,(H,22,23)(H,24,25). The van der Waals surface area contributed by atoms with Crippen molar-refractivity contribution in [1.29, 1.82) is 0 Å². The molecule has 3 rings (SSSR count). The van der Waals surface area contributed by atoms with Crippen LogP contribution in [0.1, 0.15) is 27.5 Å². The maximum Gasteiger partial charge on any atom is 0.322 e. The lowest BCUT2D eigenvalue weighted by Gasteiger charge is -2.09. The zero-order valence-electron chi connectivity index (χ0n) is 12.7. The molecule has 0 aliphatic rings. The van der Waals surface area contributed by atoms with E-state index in [1.54, 1.807) is 42.5 Å². The van der Waals surface area contributed by atoms with E-state index in [-0.39, 0.29) is 16.3 Å². The number of hydrogen-bond donors (Lipinski definition) is 3. The second kappa shape index (κ2) is 6.41. The lowest BCUT2D eigenvalue weighted by atomic mass is 9.93. The molecule has 6 nitrogen and oxygen atoms in total. The van der Waals surface area contributed by atoms with Crippen LogP contribution in [0.15, 0.2) is 48.5 Å². The Labute approximate surface area is 146 Å². The molecule has 2 aromatic carbocycles. The Morgan fingerprint density at radius 1 is 0.920 bits per heavy atom. The zero-order chi connectivity index (χ0) is 18.1. The van der Waals surface area contributed by atoms with E-state index in [1.807, 2.05) is 0 Å². The van der Waals surface area contributed by atoms with Gasteiger partial charge in [-0.2, -0.15) is 0 Å². The van der Waals surface area contributed by atoms with Gasteiger partial charge < -0.3 is 15.2 Å². The Hall–Kier alpha value is -3.12. The van der Waals surface area contributed by atoms with Crippen molar-refractivity contribution < 1.29 is 24.6 Å². The van der Waals surface area contributed by atoms with Crippen molar-refractivity contribution >= 4 is 40.2 Å². The number of ketones is 1. The number of hydrogen-bond acceptors (Lipinski definition) is 3. The van der Waals surface area contributed by atoms with E-state index < -0.39 is 23.6 Å². The average Bonchev–Trinajstić information content (AvgIpc) is 2.95. The van der Waals surface area contributed by atoms with E-state index in [0.29, 0.717) is 16.5 Å². The van der Waals surface area contributed by atoms with Gasteiger partial charge in [0, 0.05) is 16.5 Å². The van der Waals surface area contributed by atoms with Gasteiger partial charge in [0.25, 0.3) is 0 Å². The normalized spacial score (nSPS) is 11.0. The van der Waals surface area contributed by atoms with Gasteiger partial charge in [-0.3, -0.25) is 14.4 Å². The van der Waals surface area contributed by atoms with Gasteiger partial charge in [-0.15, -0.1) is 0 Å². The van der Waals surface area contributed by atoms with Gasteiger partial charge in [0.15, 0.2) is 5.92 Å². The molecule has 0 saturated carbocycles. The molecule has 0 bridgehead atoms. The monoisotopic (exact) mass is 357 g/mol. The molecule has 3 aromatic rings. The summed E-state index contributed by atoms with van der Waals surface area (Å²) in [4.78, 5) is 38.7. The minimum absolute atomic E-state index is 0.0934. The van der Waals surface area contributed by atoms with Gasteiger partial charge in [-0.1, -0.05) is 54.1 Å². The summed E-state index contributed by atoms with van der Waals surface area (Å²) in [6.07, 6.45) is 0. The minimum Gasteiger partial charge on any atom is -0.480 e. The van der Waals surface area contributed by atoms with E-state index >= 15 is 0 Å². The molecule has 0 aliphatic heterocycles. The molecule has 126 valence electrons. The quantitative estimate of drug-likeness (QED) is 0.479. The molecule has 0 radical (unpaired) electrons. The number of para-hydroxylation sites is 1. The van der Waals surface area contributed by atoms with Crippen molar-refractivity contribution in [2.75, 3.05) is 0 Å². The highest BCUT2D eigenvalue weighted by atomic mass is 35.5. The maximum atomic E-state index is 12.8. The molecule has 0 saturated heterocycles. The number of nitrogens with one attached hydrogen (secondary N) is 1. The second-order valence-electron chi connectivity index (χ2n) is 5.38. The van der Waals surface area contributed by atoms with Gasteiger partial charge in [-0.05, 0) is 6.07 Å². The third-order valence-corrected chi connectivity index (χ3v) is 4.18. The van der Waals surface area contributed by atoms with E-state index in [2.05, 4.69) is 4.98 Å². The van der Waals surface area contributed by atoms with Crippen molar-refractivity contribution in [3.8, 4) is 0 Å². The molecule has 3 N–H and O–H groups in total. The third kappa shape index (κ3) is 2.88. The highest BCUT2D eigenvalue weighted by Gasteiger charge is 2.35. The molecule has 0 unspecified atom stereocenters. The Balaban J connectivity index is 2.33. The predicted molar refractivity (Wildman–Crippen MR) is 91.2 cm³/mol. The van der Waals surface area contributed by atoms with Gasteiger partial charge in [-0.25, -0.2) is 0 Å². The summed E-state index contributed by atoms with van der Waals surface area (Å²) in [6, 6.07) is 12.9. The number of halogens is 1. The van der Waals surface area contributed by atoms with Crippen LogP contribution in [-0.2, 0) is 9.59 Å². The first-order chi connectivity index (χ1) is 11.9. The summed E-state index contributed by atoms with van der Waals surface area (Å²) < 4.78 is 0. The van der Waals surface area contributed by atoms with Gasteiger partial charge in [0.2, 0.25) is 5.78 Å². The lowest BCUT2D eigenvalue weighted by molar-refractivity contribution is -0.149. The van der Waals surface area contributed by atoms with Crippen LogP contribution in [0.25, 0.3) is 10.9 Å². The number of H-pyrrole nitrogens is 1. The van der Waals surface area contributed by atoms with Crippen molar-refractivity contribution in [2.45, 2.75) is 5.92 Å². The molecule has 7 heteroatoms. The van der Waals surface area contributed by atoms with Crippen LogP contribution in [0.2, 0.25) is 5.02 Å². The van der Waals surface area contributed by atoms with Crippen LogP contribution in [0.3, 0.4) is 0 Å². The Morgan fingerprint density at radius 3 is 2.16 bits per heavy atom. The minimum atomic E-state index is -1.89. The molecule has 25 heavy (non-hydrogen) atoms. The number of aliphatic carboxylic acids is 2. The molecular weight excluding hydrogens is 346 g/mol. The molecule has 0 fully saturated rings. The van der Waals surface area contributed by atoms with E-state index in [1.165, 1.54) is 6.07 Å². The largest absolute Gasteiger partial charge is 0.480 e. The van der Waals surface area contributed by atoms with Gasteiger partial charge >= 0.3 is 11.9 Å².